The molecule has 0 amide bonds. The lowest BCUT2D eigenvalue weighted by Gasteiger charge is -2.44. The summed E-state index contributed by atoms with van der Waals surface area (Å²) in [7, 11) is -0.747. The van der Waals surface area contributed by atoms with Crippen molar-refractivity contribution in [2.45, 2.75) is 57.5 Å². The van der Waals surface area contributed by atoms with Gasteiger partial charge >= 0.3 is 24.2 Å². The molecule has 0 radical (unpaired) electrons. The van der Waals surface area contributed by atoms with Gasteiger partial charge in [-0.25, -0.2) is 0 Å². The molecule has 3 aromatic rings. The molecule has 0 fully saturated rings. The minimum atomic E-state index is -6.96. The van der Waals surface area contributed by atoms with Crippen molar-refractivity contribution in [3.8, 4) is 5.75 Å². The Hall–Kier alpha value is -2.93. The lowest BCUT2D eigenvalue weighted by molar-refractivity contribution is -0.435. The van der Waals surface area contributed by atoms with E-state index in [1.165, 1.54) is 12.1 Å². The van der Waals surface area contributed by atoms with Crippen LogP contribution in [0.3, 0.4) is 0 Å². The summed E-state index contributed by atoms with van der Waals surface area (Å²) in [6.07, 6.45) is -17.3. The summed E-state index contributed by atoms with van der Waals surface area (Å²) in [5.74, 6) is -14.4. The van der Waals surface area contributed by atoms with Gasteiger partial charge in [-0.3, -0.25) is 0 Å². The third kappa shape index (κ3) is 5.18. The van der Waals surface area contributed by atoms with Gasteiger partial charge in [0.1, 0.15) is 11.9 Å². The molecule has 1 unspecified atom stereocenters. The Kier molecular flexibility index (Phi) is 8.05. The molecule has 0 aliphatic carbocycles. The Bertz CT molecular complexity index is 1130. The average Bonchev–Trinajstić information content (AvgIpc) is 2.84. The van der Waals surface area contributed by atoms with Gasteiger partial charge in [-0.15, -0.1) is 0 Å². The van der Waals surface area contributed by atoms with Crippen LogP contribution in [0.4, 0.5) is 43.9 Å². The quantitative estimate of drug-likeness (QED) is 0.221. The first-order valence-electron chi connectivity index (χ1n) is 10.7. The third-order valence-corrected chi connectivity index (χ3v) is 7.82. The number of halogens is 10. The number of benzene rings is 3. The van der Waals surface area contributed by atoms with E-state index in [2.05, 4.69) is 4.74 Å². The van der Waals surface area contributed by atoms with Crippen molar-refractivity contribution < 1.29 is 53.7 Å². The van der Waals surface area contributed by atoms with Gasteiger partial charge in [0, 0.05) is 0 Å². The predicted molar refractivity (Wildman–Crippen MR) is 119 cm³/mol. The molecule has 0 bridgehead atoms. The van der Waals surface area contributed by atoms with Crippen LogP contribution in [0.2, 0.25) is 0 Å². The Morgan fingerprint density at radius 2 is 0.921 bits per heavy atom. The fraction of sp³-hybridized carbons (Fsp3) is 0.280. The van der Waals surface area contributed by atoms with Gasteiger partial charge in [0.25, 0.3) is 0 Å². The van der Waals surface area contributed by atoms with Gasteiger partial charge in [0.15, 0.2) is 14.7 Å². The zero-order valence-corrected chi connectivity index (χ0v) is 20.0. The molecule has 1 N–H and O–H groups in total. The molecule has 38 heavy (non-hydrogen) atoms. The topological polar surface area (TPSA) is 29.5 Å². The van der Waals surface area contributed by atoms with Crippen LogP contribution >= 0.6 is 0 Å². The van der Waals surface area contributed by atoms with Gasteiger partial charge in [0.2, 0.25) is 5.60 Å². The number of hydrogen-bond donors (Lipinski definition) is 1. The van der Waals surface area contributed by atoms with E-state index in [1.54, 1.807) is 36.4 Å². The van der Waals surface area contributed by atoms with Gasteiger partial charge in [-0.05, 0) is 55.5 Å². The molecule has 0 saturated carbocycles. The average molecular weight is 573 g/mol. The highest BCUT2D eigenvalue weighted by Gasteiger charge is 2.87. The van der Waals surface area contributed by atoms with Crippen LogP contribution in [0.25, 0.3) is 0 Å². The Labute approximate surface area is 213 Å². The van der Waals surface area contributed by atoms with Crippen LogP contribution in [0, 0.1) is 0 Å². The number of rotatable bonds is 8. The summed E-state index contributed by atoms with van der Waals surface area (Å²) in [6, 6.07) is 22.7. The highest BCUT2D eigenvalue weighted by atomic mass is 32.2. The predicted octanol–water partition coefficient (Wildman–Crippen LogP) is 7.68. The van der Waals surface area contributed by atoms with E-state index in [0.29, 0.717) is 4.90 Å². The van der Waals surface area contributed by atoms with Crippen molar-refractivity contribution in [3.63, 3.8) is 0 Å². The molecular formula is C25H19F10O2S+. The van der Waals surface area contributed by atoms with Crippen molar-refractivity contribution in [1.29, 1.82) is 0 Å². The standard InChI is InChI=1S/C25H19F10O2S/c1-16(21(36,22(26,27)24(30,31)32)23(28,29)25(33,34)35)37-17-12-14-20(15-13-17)38(18-8-4-2-5-9-18)19-10-6-3-7-11-19/h2-16,36H,1H3/q+1. The van der Waals surface area contributed by atoms with Crippen LogP contribution in [0.5, 0.6) is 5.75 Å². The van der Waals surface area contributed by atoms with Crippen LogP contribution < -0.4 is 4.74 Å². The molecule has 13 heteroatoms. The second-order valence-electron chi connectivity index (χ2n) is 8.07. The van der Waals surface area contributed by atoms with Gasteiger partial charge in [-0.2, -0.15) is 43.9 Å². The number of alkyl halides is 10. The van der Waals surface area contributed by atoms with E-state index in [4.69, 9.17) is 0 Å². The number of aliphatic hydroxyl groups is 1. The van der Waals surface area contributed by atoms with Crippen molar-refractivity contribution in [2.24, 2.45) is 0 Å². The molecule has 0 heterocycles. The second-order valence-corrected chi connectivity index (χ2v) is 10.1. The molecule has 2 nitrogen and oxygen atoms in total. The maximum Gasteiger partial charge on any atom is 0.456 e. The minimum absolute atomic E-state index is 0.0751. The lowest BCUT2D eigenvalue weighted by Crippen LogP contribution is -2.75. The summed E-state index contributed by atoms with van der Waals surface area (Å²) >= 11 is 0. The highest BCUT2D eigenvalue weighted by Crippen LogP contribution is 2.56. The fourth-order valence-corrected chi connectivity index (χ4v) is 5.69. The summed E-state index contributed by atoms with van der Waals surface area (Å²) in [6.45, 7) is 0.0751. The minimum Gasteiger partial charge on any atom is -0.487 e. The van der Waals surface area contributed by atoms with E-state index >= 15 is 0 Å². The summed E-state index contributed by atoms with van der Waals surface area (Å²) in [5, 5.41) is 9.84. The second kappa shape index (κ2) is 10.3. The van der Waals surface area contributed by atoms with Crippen LogP contribution in [-0.2, 0) is 10.9 Å². The Morgan fingerprint density at radius 3 is 1.26 bits per heavy atom. The van der Waals surface area contributed by atoms with Crippen molar-refractivity contribution >= 4 is 10.9 Å². The molecule has 206 valence electrons. The first-order valence-corrected chi connectivity index (χ1v) is 11.9. The maximum atomic E-state index is 14.1. The molecule has 0 spiro atoms. The maximum absolute atomic E-state index is 14.1. The van der Waals surface area contributed by atoms with E-state index in [1.807, 2.05) is 24.3 Å². The van der Waals surface area contributed by atoms with Crippen molar-refractivity contribution in [3.05, 3.63) is 84.9 Å². The molecule has 3 aromatic carbocycles. The monoisotopic (exact) mass is 573 g/mol. The molecule has 0 saturated heterocycles. The van der Waals surface area contributed by atoms with Gasteiger partial charge in [0.05, 0.1) is 10.9 Å². The Morgan fingerprint density at radius 1 is 0.579 bits per heavy atom. The largest absolute Gasteiger partial charge is 0.487 e. The van der Waals surface area contributed by atoms with Crippen LogP contribution in [0.1, 0.15) is 6.92 Å². The summed E-state index contributed by atoms with van der Waals surface area (Å²) < 4.78 is 139. The van der Waals surface area contributed by atoms with Crippen molar-refractivity contribution in [2.75, 3.05) is 0 Å². The summed E-state index contributed by atoms with van der Waals surface area (Å²) in [4.78, 5) is 2.26. The lowest BCUT2D eigenvalue weighted by atomic mass is 9.82. The summed E-state index contributed by atoms with van der Waals surface area (Å²) in [5.41, 5.74) is -6.03. The molecule has 0 aromatic heterocycles. The molecular weight excluding hydrogens is 554 g/mol. The van der Waals surface area contributed by atoms with E-state index in [9.17, 15) is 49.0 Å². The molecule has 0 aliphatic heterocycles. The SMILES string of the molecule is CC(Oc1ccc([S+](c2ccccc2)c2ccccc2)cc1)C(O)(C(F)(F)C(F)(F)F)C(F)(F)C(F)(F)F. The van der Waals surface area contributed by atoms with Crippen LogP contribution in [0.15, 0.2) is 99.6 Å². The molecule has 1 atom stereocenters. The highest BCUT2D eigenvalue weighted by molar-refractivity contribution is 7.97. The van der Waals surface area contributed by atoms with E-state index < -0.39 is 52.5 Å². The third-order valence-electron chi connectivity index (χ3n) is 5.59. The first-order chi connectivity index (χ1) is 17.4. The number of hydrogen-bond acceptors (Lipinski definition) is 2. The van der Waals surface area contributed by atoms with E-state index in [0.717, 1.165) is 21.9 Å². The zero-order chi connectivity index (χ0) is 28.6. The smallest absolute Gasteiger partial charge is 0.456 e. The molecule has 0 aliphatic rings. The van der Waals surface area contributed by atoms with E-state index in [-0.39, 0.29) is 6.92 Å². The normalized spacial score (nSPS) is 14.4. The van der Waals surface area contributed by atoms with Crippen molar-refractivity contribution in [1.82, 2.24) is 0 Å². The van der Waals surface area contributed by atoms with Gasteiger partial charge < -0.3 is 9.84 Å². The molecule has 3 rings (SSSR count). The number of ether oxygens (including phenoxy) is 1. The van der Waals surface area contributed by atoms with Crippen LogP contribution in [-0.4, -0.2) is 41.0 Å². The zero-order valence-electron chi connectivity index (χ0n) is 19.2. The Balaban J connectivity index is 2.00. The van der Waals surface area contributed by atoms with Gasteiger partial charge in [-0.1, -0.05) is 36.4 Å². The fourth-order valence-electron chi connectivity index (χ4n) is 3.61. The first kappa shape index (κ1) is 29.6.